The number of hydrogen-bond donors (Lipinski definition) is 0. The molecule has 0 nitrogen and oxygen atoms in total. The van der Waals surface area contributed by atoms with Crippen molar-refractivity contribution in [2.24, 2.45) is 45.3 Å². The molecule has 2 radical (unpaired) electrons. The maximum absolute atomic E-state index is 4.25. The normalized spacial score (nSPS) is 83.3. The van der Waals surface area contributed by atoms with Gasteiger partial charge < -0.3 is 0 Å². The van der Waals surface area contributed by atoms with E-state index < -0.39 is 0 Å². The number of rotatable bonds is 0. The van der Waals surface area contributed by atoms with Crippen LogP contribution in [-0.4, -0.2) is 0 Å². The predicted molar refractivity (Wildman–Crippen MR) is 63.9 cm³/mol. The Labute approximate surface area is 104 Å². The molecule has 7 saturated carbocycles. The summed E-state index contributed by atoms with van der Waals surface area (Å²) >= 11 is 0. The first-order valence-electron chi connectivity index (χ1n) is 8.00. The molecule has 2 spiro atoms. The molecule has 0 aliphatic heterocycles. The minimum Gasteiger partial charge on any atom is -0.0439 e. The molecule has 0 heterocycles. The van der Waals surface area contributed by atoms with Crippen molar-refractivity contribution in [1.29, 1.82) is 0 Å². The second kappa shape index (κ2) is 1.78. The Morgan fingerprint density at radius 3 is 2.47 bits per heavy atom. The molecular formula is C17H20. The van der Waals surface area contributed by atoms with Gasteiger partial charge in [-0.05, 0) is 103 Å². The SMILES string of the molecule is [C]1C2CC34CC5CC13CC13CC2CC14CC5C3. The van der Waals surface area contributed by atoms with Crippen molar-refractivity contribution in [1.82, 2.24) is 0 Å². The summed E-state index contributed by atoms with van der Waals surface area (Å²) < 4.78 is 0. The molecular weight excluding hydrogens is 204 g/mol. The van der Waals surface area contributed by atoms with Crippen molar-refractivity contribution in [3.63, 3.8) is 0 Å². The van der Waals surface area contributed by atoms with E-state index in [-0.39, 0.29) is 0 Å². The monoisotopic (exact) mass is 224 g/mol. The van der Waals surface area contributed by atoms with Crippen molar-refractivity contribution in [3.8, 4) is 0 Å². The van der Waals surface area contributed by atoms with Crippen LogP contribution in [0.1, 0.15) is 51.4 Å². The second-order valence-electron chi connectivity index (χ2n) is 9.16. The van der Waals surface area contributed by atoms with Crippen LogP contribution in [0.5, 0.6) is 0 Å². The van der Waals surface area contributed by atoms with Crippen LogP contribution < -0.4 is 0 Å². The molecule has 7 fully saturated rings. The molecule has 0 N–H and O–H groups in total. The highest BCUT2D eigenvalue weighted by Gasteiger charge is 2.90. The lowest BCUT2D eigenvalue weighted by Crippen LogP contribution is -2.46. The summed E-state index contributed by atoms with van der Waals surface area (Å²) in [6.07, 6.45) is 17.3. The Hall–Kier alpha value is 0. The molecule has 0 heteroatoms. The van der Waals surface area contributed by atoms with E-state index in [1.165, 1.54) is 0 Å². The van der Waals surface area contributed by atoms with Gasteiger partial charge in [-0.3, -0.25) is 0 Å². The summed E-state index contributed by atoms with van der Waals surface area (Å²) in [4.78, 5) is 0. The molecule has 0 aromatic carbocycles. The van der Waals surface area contributed by atoms with Gasteiger partial charge in [0.25, 0.3) is 0 Å². The highest BCUT2D eigenvalue weighted by molar-refractivity contribution is 5.42. The molecule has 7 rings (SSSR count). The first-order valence-corrected chi connectivity index (χ1v) is 8.00. The largest absolute Gasteiger partial charge is 0.0439 e. The van der Waals surface area contributed by atoms with E-state index in [4.69, 9.17) is 0 Å². The van der Waals surface area contributed by atoms with Gasteiger partial charge in [0.05, 0.1) is 0 Å². The van der Waals surface area contributed by atoms with Crippen LogP contribution in [0.2, 0.25) is 0 Å². The van der Waals surface area contributed by atoms with Crippen LogP contribution in [0, 0.1) is 51.8 Å². The molecule has 7 aliphatic rings. The Kier molecular flexibility index (Phi) is 0.860. The molecule has 8 atom stereocenters. The van der Waals surface area contributed by atoms with E-state index in [9.17, 15) is 0 Å². The Morgan fingerprint density at radius 2 is 1.47 bits per heavy atom. The Balaban J connectivity index is 1.72. The molecule has 8 unspecified atom stereocenters. The van der Waals surface area contributed by atoms with Crippen molar-refractivity contribution < 1.29 is 0 Å². The molecule has 88 valence electrons. The lowest BCUT2D eigenvalue weighted by molar-refractivity contribution is -0.0425. The fourth-order valence-electron chi connectivity index (χ4n) is 9.82. The van der Waals surface area contributed by atoms with E-state index in [0.29, 0.717) is 5.41 Å². The highest BCUT2D eigenvalue weighted by atomic mass is 14.9. The van der Waals surface area contributed by atoms with Gasteiger partial charge in [-0.1, -0.05) is 0 Å². The zero-order chi connectivity index (χ0) is 10.7. The van der Waals surface area contributed by atoms with Gasteiger partial charge in [-0.15, -0.1) is 0 Å². The van der Waals surface area contributed by atoms with Crippen LogP contribution in [0.4, 0.5) is 0 Å². The third-order valence-corrected chi connectivity index (χ3v) is 9.50. The average Bonchev–Trinajstić information content (AvgIpc) is 2.76. The maximum Gasteiger partial charge on any atom is -0.00629 e. The molecule has 0 amide bonds. The summed E-state index contributed by atoms with van der Waals surface area (Å²) in [6.45, 7) is 0. The number of hydrogen-bond acceptors (Lipinski definition) is 0. The topological polar surface area (TPSA) is 0 Å². The van der Waals surface area contributed by atoms with Gasteiger partial charge in [-0.2, -0.15) is 0 Å². The Morgan fingerprint density at radius 1 is 0.706 bits per heavy atom. The second-order valence-corrected chi connectivity index (χ2v) is 9.16. The Bertz CT molecular complexity index is 414. The first-order chi connectivity index (χ1) is 8.22. The van der Waals surface area contributed by atoms with Gasteiger partial charge in [0.2, 0.25) is 0 Å². The zero-order valence-corrected chi connectivity index (χ0v) is 10.5. The van der Waals surface area contributed by atoms with Crippen molar-refractivity contribution in [2.75, 3.05) is 0 Å². The van der Waals surface area contributed by atoms with Crippen LogP contribution >= 0.6 is 0 Å². The molecule has 0 saturated heterocycles. The van der Waals surface area contributed by atoms with Crippen molar-refractivity contribution in [2.45, 2.75) is 51.4 Å². The molecule has 6 bridgehead atoms. The highest BCUT2D eigenvalue weighted by Crippen LogP contribution is 2.98. The van der Waals surface area contributed by atoms with E-state index >= 15 is 0 Å². The third kappa shape index (κ3) is 0.478. The molecule has 17 heavy (non-hydrogen) atoms. The van der Waals surface area contributed by atoms with Crippen LogP contribution in [0.25, 0.3) is 0 Å². The van der Waals surface area contributed by atoms with Gasteiger partial charge in [-0.25, -0.2) is 0 Å². The molecule has 7 aliphatic carbocycles. The minimum atomic E-state index is 0.666. The first kappa shape index (κ1) is 8.23. The zero-order valence-electron chi connectivity index (χ0n) is 10.5. The summed E-state index contributed by atoms with van der Waals surface area (Å²) in [5, 5.41) is 0. The van der Waals surface area contributed by atoms with Gasteiger partial charge in [0, 0.05) is 0 Å². The van der Waals surface area contributed by atoms with E-state index in [0.717, 1.165) is 39.9 Å². The predicted octanol–water partition coefficient (Wildman–Crippen LogP) is 3.69. The van der Waals surface area contributed by atoms with Gasteiger partial charge in [0.1, 0.15) is 0 Å². The summed E-state index contributed by atoms with van der Waals surface area (Å²) in [6, 6.07) is 0. The van der Waals surface area contributed by atoms with Crippen LogP contribution in [-0.2, 0) is 0 Å². The fourth-order valence-corrected chi connectivity index (χ4v) is 9.82. The van der Waals surface area contributed by atoms with Crippen molar-refractivity contribution >= 4 is 0 Å². The van der Waals surface area contributed by atoms with Gasteiger partial charge in [0.15, 0.2) is 0 Å². The van der Waals surface area contributed by atoms with E-state index in [1.807, 2.05) is 0 Å². The summed E-state index contributed by atoms with van der Waals surface area (Å²) in [7, 11) is 0. The number of fused-ring (bicyclic) bond motifs is 6. The van der Waals surface area contributed by atoms with E-state index in [1.54, 1.807) is 51.4 Å². The third-order valence-electron chi connectivity index (χ3n) is 9.50. The maximum atomic E-state index is 4.25. The fraction of sp³-hybridized carbons (Fsp3) is 0.941. The van der Waals surface area contributed by atoms with Crippen molar-refractivity contribution in [3.05, 3.63) is 6.42 Å². The summed E-state index contributed by atoms with van der Waals surface area (Å²) in [5.41, 5.74) is 3.20. The van der Waals surface area contributed by atoms with Crippen LogP contribution in [0.3, 0.4) is 0 Å². The van der Waals surface area contributed by atoms with Crippen LogP contribution in [0.15, 0.2) is 0 Å². The molecule has 0 aromatic rings. The standard InChI is InChI=1S/C17H20/c1-10-5-16-7-12-2-14(1,16)9-15-3-11(10)6-17(15,16)8-13(12)4-15/h10-13H,1-3,5-9H2. The smallest absolute Gasteiger partial charge is 0.00629 e. The molecule has 0 aromatic heterocycles. The lowest BCUT2D eigenvalue weighted by atomic mass is 9.52. The lowest BCUT2D eigenvalue weighted by Gasteiger charge is -2.52. The van der Waals surface area contributed by atoms with Gasteiger partial charge >= 0.3 is 0 Å². The van der Waals surface area contributed by atoms with E-state index in [2.05, 4.69) is 6.42 Å². The summed E-state index contributed by atoms with van der Waals surface area (Å²) in [5.74, 6) is 4.33. The average molecular weight is 224 g/mol. The minimum absolute atomic E-state index is 0.666. The quantitative estimate of drug-likeness (QED) is 0.588.